The normalized spacial score (nSPS) is 21.4. The van der Waals surface area contributed by atoms with Crippen LogP contribution in [0.3, 0.4) is 0 Å². The molecule has 0 aromatic rings. The van der Waals surface area contributed by atoms with Crippen molar-refractivity contribution in [2.45, 2.75) is 19.4 Å². The van der Waals surface area contributed by atoms with E-state index in [1.165, 1.54) is 6.42 Å². The predicted molar refractivity (Wildman–Crippen MR) is 61.2 cm³/mol. The van der Waals surface area contributed by atoms with Gasteiger partial charge in [-0.25, -0.2) is 0 Å². The molecule has 15 heavy (non-hydrogen) atoms. The van der Waals surface area contributed by atoms with Crippen LogP contribution in [0.15, 0.2) is 0 Å². The van der Waals surface area contributed by atoms with Crippen molar-refractivity contribution in [1.29, 1.82) is 0 Å². The van der Waals surface area contributed by atoms with Crippen molar-refractivity contribution < 1.29 is 9.47 Å². The number of likely N-dealkylation sites (N-methyl/N-ethyl adjacent to an activating group) is 1. The summed E-state index contributed by atoms with van der Waals surface area (Å²) in [6, 6.07) is 0.709. The summed E-state index contributed by atoms with van der Waals surface area (Å²) in [6.45, 7) is 8.86. The molecule has 4 heteroatoms. The molecule has 0 radical (unpaired) electrons. The summed E-state index contributed by atoms with van der Waals surface area (Å²) in [5, 5.41) is 3.40. The van der Waals surface area contributed by atoms with Gasteiger partial charge >= 0.3 is 0 Å². The summed E-state index contributed by atoms with van der Waals surface area (Å²) in [6.07, 6.45) is 1.27. The smallest absolute Gasteiger partial charge is 0.0700 e. The molecule has 0 aromatic heterocycles. The summed E-state index contributed by atoms with van der Waals surface area (Å²) >= 11 is 0. The average Bonchev–Trinajstić information content (AvgIpc) is 2.77. The highest BCUT2D eigenvalue weighted by atomic mass is 16.5. The standard InChI is InChI=1S/C11H24N2O2/c1-3-13(11-4-5-12-10-11)6-7-15-9-8-14-2/h11-12H,3-10H2,1-2H3. The molecule has 0 saturated carbocycles. The topological polar surface area (TPSA) is 33.7 Å². The highest BCUT2D eigenvalue weighted by Crippen LogP contribution is 2.07. The quantitative estimate of drug-likeness (QED) is 0.593. The minimum atomic E-state index is 0.692. The Morgan fingerprint density at radius 3 is 2.80 bits per heavy atom. The van der Waals surface area contributed by atoms with Crippen LogP contribution in [0.5, 0.6) is 0 Å². The molecule has 1 N–H and O–H groups in total. The van der Waals surface area contributed by atoms with Crippen LogP contribution in [0.25, 0.3) is 0 Å². The van der Waals surface area contributed by atoms with Crippen molar-refractivity contribution in [3.63, 3.8) is 0 Å². The lowest BCUT2D eigenvalue weighted by molar-refractivity contribution is 0.0520. The number of ether oxygens (including phenoxy) is 2. The fraction of sp³-hybridized carbons (Fsp3) is 1.00. The Hall–Kier alpha value is -0.160. The molecule has 1 rings (SSSR count). The Balaban J connectivity index is 2.05. The summed E-state index contributed by atoms with van der Waals surface area (Å²) < 4.78 is 10.4. The Morgan fingerprint density at radius 2 is 2.20 bits per heavy atom. The largest absolute Gasteiger partial charge is 0.382 e. The third-order valence-electron chi connectivity index (χ3n) is 2.91. The van der Waals surface area contributed by atoms with Crippen LogP contribution >= 0.6 is 0 Å². The van der Waals surface area contributed by atoms with Crippen LogP contribution in [0.2, 0.25) is 0 Å². The van der Waals surface area contributed by atoms with Gasteiger partial charge in [-0.2, -0.15) is 0 Å². The van der Waals surface area contributed by atoms with Crippen molar-refractivity contribution in [3.8, 4) is 0 Å². The van der Waals surface area contributed by atoms with Gasteiger partial charge in [0, 0.05) is 26.2 Å². The lowest BCUT2D eigenvalue weighted by Crippen LogP contribution is -2.39. The first-order chi connectivity index (χ1) is 7.38. The van der Waals surface area contributed by atoms with Crippen molar-refractivity contribution in [1.82, 2.24) is 10.2 Å². The van der Waals surface area contributed by atoms with Gasteiger partial charge in [0.2, 0.25) is 0 Å². The van der Waals surface area contributed by atoms with Crippen molar-refractivity contribution in [2.75, 3.05) is 53.1 Å². The van der Waals surface area contributed by atoms with E-state index < -0.39 is 0 Å². The van der Waals surface area contributed by atoms with Crippen molar-refractivity contribution >= 4 is 0 Å². The summed E-state index contributed by atoms with van der Waals surface area (Å²) in [4.78, 5) is 2.49. The molecule has 1 aliphatic rings. The molecule has 0 aliphatic carbocycles. The van der Waals surface area contributed by atoms with Gasteiger partial charge < -0.3 is 14.8 Å². The highest BCUT2D eigenvalue weighted by Gasteiger charge is 2.20. The second-order valence-corrected chi connectivity index (χ2v) is 3.88. The summed E-state index contributed by atoms with van der Waals surface area (Å²) in [7, 11) is 1.70. The monoisotopic (exact) mass is 216 g/mol. The maximum absolute atomic E-state index is 5.48. The van der Waals surface area contributed by atoms with Crippen LogP contribution < -0.4 is 5.32 Å². The fourth-order valence-electron chi connectivity index (χ4n) is 1.98. The molecule has 1 heterocycles. The van der Waals surface area contributed by atoms with Crippen LogP contribution in [0.4, 0.5) is 0 Å². The average molecular weight is 216 g/mol. The Morgan fingerprint density at radius 1 is 1.33 bits per heavy atom. The van der Waals surface area contributed by atoms with E-state index in [1.807, 2.05) is 0 Å². The number of methoxy groups -OCH3 is 1. The van der Waals surface area contributed by atoms with Gasteiger partial charge in [0.15, 0.2) is 0 Å². The maximum atomic E-state index is 5.48. The second-order valence-electron chi connectivity index (χ2n) is 3.88. The SMILES string of the molecule is CCN(CCOCCOC)C1CCNC1. The molecule has 0 amide bonds. The fourth-order valence-corrected chi connectivity index (χ4v) is 1.98. The highest BCUT2D eigenvalue weighted by molar-refractivity contribution is 4.79. The van der Waals surface area contributed by atoms with Crippen LogP contribution in [0.1, 0.15) is 13.3 Å². The van der Waals surface area contributed by atoms with Gasteiger partial charge in [-0.05, 0) is 19.5 Å². The Bertz CT molecular complexity index is 150. The molecule has 0 aromatic carbocycles. The molecule has 1 atom stereocenters. The van der Waals surface area contributed by atoms with E-state index >= 15 is 0 Å². The first-order valence-electron chi connectivity index (χ1n) is 5.90. The molecule has 1 aliphatic heterocycles. The lowest BCUT2D eigenvalue weighted by Gasteiger charge is -2.26. The van der Waals surface area contributed by atoms with Gasteiger partial charge in [-0.1, -0.05) is 6.92 Å². The molecule has 1 fully saturated rings. The van der Waals surface area contributed by atoms with Crippen LogP contribution in [-0.4, -0.2) is 64.1 Å². The van der Waals surface area contributed by atoms with Crippen LogP contribution in [0, 0.1) is 0 Å². The first kappa shape index (κ1) is 12.9. The molecular weight excluding hydrogens is 192 g/mol. The molecule has 1 saturated heterocycles. The molecule has 4 nitrogen and oxygen atoms in total. The predicted octanol–water partition coefficient (Wildman–Crippen LogP) is 0.333. The third-order valence-corrected chi connectivity index (χ3v) is 2.91. The van der Waals surface area contributed by atoms with E-state index in [2.05, 4.69) is 17.1 Å². The van der Waals surface area contributed by atoms with Gasteiger partial charge in [0.1, 0.15) is 0 Å². The van der Waals surface area contributed by atoms with E-state index in [4.69, 9.17) is 9.47 Å². The number of hydrogen-bond donors (Lipinski definition) is 1. The second kappa shape index (κ2) is 8.05. The lowest BCUT2D eigenvalue weighted by atomic mass is 10.2. The Kier molecular flexibility index (Phi) is 6.92. The summed E-state index contributed by atoms with van der Waals surface area (Å²) in [5.74, 6) is 0. The van der Waals surface area contributed by atoms with E-state index in [-0.39, 0.29) is 0 Å². The van der Waals surface area contributed by atoms with Crippen molar-refractivity contribution in [2.24, 2.45) is 0 Å². The number of nitrogens with zero attached hydrogens (tertiary/aromatic N) is 1. The van der Waals surface area contributed by atoms with Gasteiger partial charge in [-0.15, -0.1) is 0 Å². The minimum Gasteiger partial charge on any atom is -0.382 e. The number of rotatable bonds is 8. The molecule has 1 unspecified atom stereocenters. The molecule has 0 spiro atoms. The summed E-state index contributed by atoms with van der Waals surface area (Å²) in [5.41, 5.74) is 0. The maximum Gasteiger partial charge on any atom is 0.0700 e. The van der Waals surface area contributed by atoms with E-state index in [0.717, 1.165) is 32.8 Å². The van der Waals surface area contributed by atoms with Crippen LogP contribution in [-0.2, 0) is 9.47 Å². The van der Waals surface area contributed by atoms with E-state index in [0.29, 0.717) is 19.3 Å². The first-order valence-corrected chi connectivity index (χ1v) is 5.90. The number of hydrogen-bond acceptors (Lipinski definition) is 4. The van der Waals surface area contributed by atoms with E-state index in [9.17, 15) is 0 Å². The zero-order valence-electron chi connectivity index (χ0n) is 10.00. The Labute approximate surface area is 92.9 Å². The third kappa shape index (κ3) is 4.93. The van der Waals surface area contributed by atoms with Gasteiger partial charge in [0.05, 0.1) is 19.8 Å². The number of nitrogens with one attached hydrogen (secondary N) is 1. The zero-order chi connectivity index (χ0) is 10.9. The van der Waals surface area contributed by atoms with Crippen molar-refractivity contribution in [3.05, 3.63) is 0 Å². The van der Waals surface area contributed by atoms with E-state index in [1.54, 1.807) is 7.11 Å². The van der Waals surface area contributed by atoms with Gasteiger partial charge in [-0.3, -0.25) is 4.90 Å². The molecular formula is C11H24N2O2. The van der Waals surface area contributed by atoms with Gasteiger partial charge in [0.25, 0.3) is 0 Å². The minimum absolute atomic E-state index is 0.692. The molecule has 0 bridgehead atoms. The molecule has 90 valence electrons. The zero-order valence-corrected chi connectivity index (χ0v) is 10.00.